The minimum Gasteiger partial charge on any atom is -0.488 e. The van der Waals surface area contributed by atoms with Gasteiger partial charge in [-0.15, -0.1) is 11.3 Å². The Labute approximate surface area is 192 Å². The molecule has 2 aromatic carbocycles. The number of amides is 1. The predicted molar refractivity (Wildman–Crippen MR) is 130 cm³/mol. The Balaban J connectivity index is 1.35. The highest BCUT2D eigenvalue weighted by atomic mass is 32.1. The number of benzene rings is 2. The zero-order valence-corrected chi connectivity index (χ0v) is 19.6. The molecule has 164 valence electrons. The largest absolute Gasteiger partial charge is 0.488 e. The predicted octanol–water partition coefficient (Wildman–Crippen LogP) is 6.06. The second kappa shape index (κ2) is 9.40. The van der Waals surface area contributed by atoms with E-state index in [4.69, 9.17) is 4.74 Å². The number of rotatable bonds is 7. The van der Waals surface area contributed by atoms with Gasteiger partial charge in [0.25, 0.3) is 5.91 Å². The summed E-state index contributed by atoms with van der Waals surface area (Å²) in [4.78, 5) is 13.3. The fourth-order valence-electron chi connectivity index (χ4n) is 3.71. The van der Waals surface area contributed by atoms with Gasteiger partial charge in [-0.2, -0.15) is 5.10 Å². The Morgan fingerprint density at radius 1 is 1.00 bits per heavy atom. The smallest absolute Gasteiger partial charge is 0.265 e. The molecule has 2 heterocycles. The molecule has 2 aromatic heterocycles. The molecule has 1 N–H and O–H groups in total. The van der Waals surface area contributed by atoms with E-state index in [1.165, 1.54) is 28.0 Å². The summed E-state index contributed by atoms with van der Waals surface area (Å²) in [5, 5.41) is 9.26. The van der Waals surface area contributed by atoms with Crippen molar-refractivity contribution in [2.24, 2.45) is 0 Å². The number of aryl methyl sites for hydroxylation is 4. The van der Waals surface area contributed by atoms with Gasteiger partial charge in [0.15, 0.2) is 0 Å². The van der Waals surface area contributed by atoms with Crippen molar-refractivity contribution in [1.29, 1.82) is 0 Å². The van der Waals surface area contributed by atoms with Gasteiger partial charge in [-0.1, -0.05) is 47.5 Å². The SMILES string of the molecule is Cc1ccc(Cn2cc(NC(=O)c3cc(COc4c(C)cc(C)cc4C)cs3)cn2)cc1. The third-order valence-electron chi connectivity index (χ3n) is 5.22. The van der Waals surface area contributed by atoms with Gasteiger partial charge in [-0.05, 0) is 55.8 Å². The van der Waals surface area contributed by atoms with E-state index >= 15 is 0 Å². The van der Waals surface area contributed by atoms with Crippen LogP contribution in [-0.2, 0) is 13.2 Å². The van der Waals surface area contributed by atoms with Crippen molar-refractivity contribution in [2.45, 2.75) is 40.8 Å². The van der Waals surface area contributed by atoms with Crippen LogP contribution in [0.15, 0.2) is 60.2 Å². The highest BCUT2D eigenvalue weighted by Crippen LogP contribution is 2.26. The first kappa shape index (κ1) is 21.8. The number of nitrogens with one attached hydrogen (secondary N) is 1. The number of hydrogen-bond acceptors (Lipinski definition) is 4. The van der Waals surface area contributed by atoms with Crippen molar-refractivity contribution < 1.29 is 9.53 Å². The molecule has 0 spiro atoms. The number of carbonyl (C=O) groups excluding carboxylic acids is 1. The molecule has 0 saturated carbocycles. The molecule has 6 heteroatoms. The molecule has 0 saturated heterocycles. The maximum Gasteiger partial charge on any atom is 0.265 e. The molecular formula is C26H27N3O2S. The summed E-state index contributed by atoms with van der Waals surface area (Å²) in [6.45, 7) is 9.36. The van der Waals surface area contributed by atoms with E-state index < -0.39 is 0 Å². The van der Waals surface area contributed by atoms with Crippen LogP contribution in [0.5, 0.6) is 5.75 Å². The van der Waals surface area contributed by atoms with Crippen LogP contribution in [-0.4, -0.2) is 15.7 Å². The van der Waals surface area contributed by atoms with E-state index in [1.54, 1.807) is 6.20 Å². The first-order valence-electron chi connectivity index (χ1n) is 10.5. The molecule has 4 rings (SSSR count). The fourth-order valence-corrected chi connectivity index (χ4v) is 4.50. The lowest BCUT2D eigenvalue weighted by molar-refractivity contribution is 0.103. The molecule has 0 radical (unpaired) electrons. The van der Waals surface area contributed by atoms with Crippen LogP contribution >= 0.6 is 11.3 Å². The molecule has 0 aliphatic carbocycles. The van der Waals surface area contributed by atoms with Crippen molar-refractivity contribution in [3.05, 3.63) is 98.5 Å². The van der Waals surface area contributed by atoms with E-state index in [-0.39, 0.29) is 5.91 Å². The lowest BCUT2D eigenvalue weighted by Crippen LogP contribution is -2.09. The van der Waals surface area contributed by atoms with Gasteiger partial charge >= 0.3 is 0 Å². The second-order valence-corrected chi connectivity index (χ2v) is 9.11. The van der Waals surface area contributed by atoms with Crippen LogP contribution in [0, 0.1) is 27.7 Å². The number of carbonyl (C=O) groups is 1. The molecule has 0 fully saturated rings. The van der Waals surface area contributed by atoms with Gasteiger partial charge in [-0.3, -0.25) is 9.48 Å². The maximum atomic E-state index is 12.7. The molecule has 1 amide bonds. The summed E-state index contributed by atoms with van der Waals surface area (Å²) in [6.07, 6.45) is 3.52. The van der Waals surface area contributed by atoms with Crippen LogP contribution in [0.3, 0.4) is 0 Å². The molecule has 0 aliphatic heterocycles. The molecule has 0 bridgehead atoms. The van der Waals surface area contributed by atoms with E-state index in [0.29, 0.717) is 23.7 Å². The molecule has 4 aromatic rings. The monoisotopic (exact) mass is 445 g/mol. The molecular weight excluding hydrogens is 418 g/mol. The molecule has 5 nitrogen and oxygen atoms in total. The van der Waals surface area contributed by atoms with Gasteiger partial charge in [-0.25, -0.2) is 0 Å². The minimum absolute atomic E-state index is 0.140. The third kappa shape index (κ3) is 5.26. The Hall–Kier alpha value is -3.38. The summed E-state index contributed by atoms with van der Waals surface area (Å²) in [7, 11) is 0. The van der Waals surface area contributed by atoms with Crippen molar-refractivity contribution in [3.63, 3.8) is 0 Å². The van der Waals surface area contributed by atoms with Crippen molar-refractivity contribution in [1.82, 2.24) is 9.78 Å². The summed E-state index contributed by atoms with van der Waals surface area (Å²) < 4.78 is 7.87. The lowest BCUT2D eigenvalue weighted by atomic mass is 10.1. The Kier molecular flexibility index (Phi) is 6.42. The summed E-state index contributed by atoms with van der Waals surface area (Å²) >= 11 is 1.41. The molecule has 0 aliphatic rings. The number of aromatic nitrogens is 2. The Bertz CT molecular complexity index is 1220. The van der Waals surface area contributed by atoms with Crippen LogP contribution in [0.2, 0.25) is 0 Å². The van der Waals surface area contributed by atoms with Gasteiger partial charge in [0.2, 0.25) is 0 Å². The van der Waals surface area contributed by atoms with E-state index in [0.717, 1.165) is 22.4 Å². The average molecular weight is 446 g/mol. The average Bonchev–Trinajstić information content (AvgIpc) is 3.38. The fraction of sp³-hybridized carbons (Fsp3) is 0.231. The van der Waals surface area contributed by atoms with Gasteiger partial charge in [0, 0.05) is 11.8 Å². The molecule has 32 heavy (non-hydrogen) atoms. The number of ether oxygens (including phenoxy) is 1. The van der Waals surface area contributed by atoms with Crippen molar-refractivity contribution in [3.8, 4) is 5.75 Å². The Morgan fingerprint density at radius 3 is 2.44 bits per heavy atom. The number of hydrogen-bond donors (Lipinski definition) is 1. The standard InChI is InChI=1S/C26H27N3O2S/c1-17-5-7-21(8-6-17)13-29-14-23(12-27-29)28-26(30)24-11-22(16-32-24)15-31-25-19(3)9-18(2)10-20(25)4/h5-12,14,16H,13,15H2,1-4H3,(H,28,30). The topological polar surface area (TPSA) is 56.2 Å². The van der Waals surface area contributed by atoms with Crippen LogP contribution in [0.25, 0.3) is 0 Å². The number of nitrogens with zero attached hydrogens (tertiary/aromatic N) is 2. The minimum atomic E-state index is -0.140. The van der Waals surface area contributed by atoms with Gasteiger partial charge in [0.1, 0.15) is 12.4 Å². The van der Waals surface area contributed by atoms with Crippen molar-refractivity contribution in [2.75, 3.05) is 5.32 Å². The highest BCUT2D eigenvalue weighted by Gasteiger charge is 2.12. The van der Waals surface area contributed by atoms with Gasteiger partial charge < -0.3 is 10.1 Å². The quantitative estimate of drug-likeness (QED) is 0.376. The van der Waals surface area contributed by atoms with Crippen LogP contribution in [0.1, 0.15) is 43.1 Å². The van der Waals surface area contributed by atoms with E-state index in [2.05, 4.69) is 74.5 Å². The zero-order chi connectivity index (χ0) is 22.7. The third-order valence-corrected chi connectivity index (χ3v) is 6.20. The normalized spacial score (nSPS) is 10.9. The first-order chi connectivity index (χ1) is 15.4. The van der Waals surface area contributed by atoms with Crippen molar-refractivity contribution >= 4 is 22.9 Å². The van der Waals surface area contributed by atoms with E-state index in [9.17, 15) is 4.79 Å². The maximum absolute atomic E-state index is 12.7. The molecule has 0 atom stereocenters. The zero-order valence-electron chi connectivity index (χ0n) is 18.8. The Morgan fingerprint density at radius 2 is 1.72 bits per heavy atom. The number of anilines is 1. The second-order valence-electron chi connectivity index (χ2n) is 8.20. The van der Waals surface area contributed by atoms with Crippen LogP contribution < -0.4 is 10.1 Å². The van der Waals surface area contributed by atoms with Gasteiger partial charge in [0.05, 0.1) is 23.3 Å². The van der Waals surface area contributed by atoms with Crippen LogP contribution in [0.4, 0.5) is 5.69 Å². The lowest BCUT2D eigenvalue weighted by Gasteiger charge is -2.12. The first-order valence-corrected chi connectivity index (χ1v) is 11.4. The van der Waals surface area contributed by atoms with E-state index in [1.807, 2.05) is 22.3 Å². The molecule has 0 unspecified atom stereocenters. The summed E-state index contributed by atoms with van der Waals surface area (Å²) in [5.41, 5.74) is 7.53. The summed E-state index contributed by atoms with van der Waals surface area (Å²) in [5.74, 6) is 0.771. The highest BCUT2D eigenvalue weighted by molar-refractivity contribution is 7.12. The number of thiophene rings is 1. The summed E-state index contributed by atoms with van der Waals surface area (Å²) in [6, 6.07) is 14.5.